The van der Waals surface area contributed by atoms with Crippen molar-refractivity contribution < 1.29 is 0 Å². The molecular formula is C9H13ClN2. The molecule has 1 heterocycles. The molecule has 66 valence electrons. The normalized spacial score (nSPS) is 12.6. The largest absolute Gasteiger partial charge is 0.366 e. The highest BCUT2D eigenvalue weighted by molar-refractivity contribution is 6.18. The summed E-state index contributed by atoms with van der Waals surface area (Å²) in [6.07, 6.45) is 1.79. The molecule has 0 saturated heterocycles. The van der Waals surface area contributed by atoms with Crippen molar-refractivity contribution in [1.82, 2.24) is 4.98 Å². The van der Waals surface area contributed by atoms with Gasteiger partial charge in [-0.3, -0.25) is 0 Å². The Bertz CT molecular complexity index is 250. The molecule has 3 heteroatoms. The molecule has 0 saturated carbocycles. The first kappa shape index (κ1) is 9.33. The molecule has 1 rings (SSSR count). The maximum Gasteiger partial charge on any atom is 0.126 e. The number of nitrogens with zero attached hydrogens (tertiary/aromatic N) is 1. The van der Waals surface area contributed by atoms with Crippen LogP contribution in [0.2, 0.25) is 0 Å². The van der Waals surface area contributed by atoms with Crippen LogP contribution in [0.25, 0.3) is 0 Å². The van der Waals surface area contributed by atoms with Gasteiger partial charge in [0, 0.05) is 18.1 Å². The Kier molecular flexibility index (Phi) is 3.35. The minimum absolute atomic E-state index is 0.265. The lowest BCUT2D eigenvalue weighted by atomic mass is 10.3. The second kappa shape index (κ2) is 4.31. The minimum Gasteiger partial charge on any atom is -0.366 e. The molecule has 0 fully saturated rings. The number of halogens is 1. The molecule has 0 aliphatic carbocycles. The van der Waals surface area contributed by atoms with E-state index in [2.05, 4.69) is 10.3 Å². The summed E-state index contributed by atoms with van der Waals surface area (Å²) in [5, 5.41) is 3.19. The van der Waals surface area contributed by atoms with Crippen LogP contribution in [0.4, 0.5) is 5.82 Å². The monoisotopic (exact) mass is 184 g/mol. The lowest BCUT2D eigenvalue weighted by Crippen LogP contribution is -2.17. The second-order valence-electron chi connectivity index (χ2n) is 2.92. The van der Waals surface area contributed by atoms with Crippen molar-refractivity contribution in [2.24, 2.45) is 0 Å². The molecule has 1 aromatic rings. The molecule has 0 radical (unpaired) electrons. The van der Waals surface area contributed by atoms with Gasteiger partial charge in [-0.1, -0.05) is 0 Å². The third-order valence-electron chi connectivity index (χ3n) is 1.54. The van der Waals surface area contributed by atoms with E-state index in [1.807, 2.05) is 26.0 Å². The molecule has 1 N–H and O–H groups in total. The molecule has 2 nitrogen and oxygen atoms in total. The first-order chi connectivity index (χ1) is 5.72. The standard InChI is InChI=1S/C9H13ClN2/c1-7-3-4-11-9(5-7)12-8(2)6-10/h3-5,8H,6H2,1-2H3,(H,11,12). The lowest BCUT2D eigenvalue weighted by molar-refractivity contribution is 0.896. The molecule has 1 atom stereocenters. The number of anilines is 1. The van der Waals surface area contributed by atoms with E-state index in [0.717, 1.165) is 5.82 Å². The van der Waals surface area contributed by atoms with E-state index < -0.39 is 0 Å². The number of aromatic nitrogens is 1. The highest BCUT2D eigenvalue weighted by Crippen LogP contribution is 2.06. The van der Waals surface area contributed by atoms with E-state index in [1.165, 1.54) is 5.56 Å². The maximum atomic E-state index is 5.65. The van der Waals surface area contributed by atoms with Crippen molar-refractivity contribution in [3.63, 3.8) is 0 Å². The van der Waals surface area contributed by atoms with Crippen molar-refractivity contribution in [3.8, 4) is 0 Å². The summed E-state index contributed by atoms with van der Waals surface area (Å²) in [5.41, 5.74) is 1.20. The summed E-state index contributed by atoms with van der Waals surface area (Å²) in [5.74, 6) is 1.48. The van der Waals surface area contributed by atoms with E-state index in [9.17, 15) is 0 Å². The van der Waals surface area contributed by atoms with Gasteiger partial charge in [-0.2, -0.15) is 0 Å². The van der Waals surface area contributed by atoms with Gasteiger partial charge < -0.3 is 5.32 Å². The molecule has 12 heavy (non-hydrogen) atoms. The van der Waals surface area contributed by atoms with Gasteiger partial charge in [-0.15, -0.1) is 11.6 Å². The number of rotatable bonds is 3. The fourth-order valence-electron chi connectivity index (χ4n) is 0.906. The number of pyridine rings is 1. The molecule has 1 unspecified atom stereocenters. The molecule has 0 spiro atoms. The second-order valence-corrected chi connectivity index (χ2v) is 3.23. The van der Waals surface area contributed by atoms with Crippen LogP contribution < -0.4 is 5.32 Å². The first-order valence-corrected chi connectivity index (χ1v) is 4.51. The summed E-state index contributed by atoms with van der Waals surface area (Å²) < 4.78 is 0. The maximum absolute atomic E-state index is 5.65. The fourth-order valence-corrected chi connectivity index (χ4v) is 0.983. The molecule has 1 aromatic heterocycles. The average Bonchev–Trinajstić information content (AvgIpc) is 2.04. The van der Waals surface area contributed by atoms with Gasteiger partial charge >= 0.3 is 0 Å². The summed E-state index contributed by atoms with van der Waals surface area (Å²) in [7, 11) is 0. The smallest absolute Gasteiger partial charge is 0.126 e. The Balaban J connectivity index is 2.63. The average molecular weight is 185 g/mol. The van der Waals surface area contributed by atoms with Gasteiger partial charge in [0.15, 0.2) is 0 Å². The van der Waals surface area contributed by atoms with Crippen molar-refractivity contribution in [1.29, 1.82) is 0 Å². The summed E-state index contributed by atoms with van der Waals surface area (Å²) in [6.45, 7) is 4.06. The Hall–Kier alpha value is -0.760. The number of hydrogen-bond acceptors (Lipinski definition) is 2. The van der Waals surface area contributed by atoms with Gasteiger partial charge in [0.1, 0.15) is 5.82 Å². The van der Waals surface area contributed by atoms with Crippen molar-refractivity contribution in [2.45, 2.75) is 19.9 Å². The zero-order chi connectivity index (χ0) is 8.97. The van der Waals surface area contributed by atoms with Crippen LogP contribution in [-0.2, 0) is 0 Å². The van der Waals surface area contributed by atoms with E-state index in [0.29, 0.717) is 5.88 Å². The first-order valence-electron chi connectivity index (χ1n) is 3.97. The molecule has 0 aliphatic heterocycles. The lowest BCUT2D eigenvalue weighted by Gasteiger charge is -2.10. The molecule has 0 bridgehead atoms. The van der Waals surface area contributed by atoms with Crippen LogP contribution in [0.3, 0.4) is 0 Å². The Morgan fingerprint density at radius 2 is 2.42 bits per heavy atom. The van der Waals surface area contributed by atoms with Gasteiger partial charge in [0.05, 0.1) is 0 Å². The van der Waals surface area contributed by atoms with E-state index in [4.69, 9.17) is 11.6 Å². The van der Waals surface area contributed by atoms with Crippen molar-refractivity contribution in [3.05, 3.63) is 23.9 Å². The quantitative estimate of drug-likeness (QED) is 0.730. The van der Waals surface area contributed by atoms with E-state index in [-0.39, 0.29) is 6.04 Å². The minimum atomic E-state index is 0.265. The van der Waals surface area contributed by atoms with Gasteiger partial charge in [-0.25, -0.2) is 4.98 Å². The molecular weight excluding hydrogens is 172 g/mol. The Morgan fingerprint density at radius 1 is 1.67 bits per heavy atom. The predicted octanol–water partition coefficient (Wildman–Crippen LogP) is 2.43. The van der Waals surface area contributed by atoms with Crippen LogP contribution >= 0.6 is 11.6 Å². The topological polar surface area (TPSA) is 24.9 Å². The third-order valence-corrected chi connectivity index (χ3v) is 2.00. The van der Waals surface area contributed by atoms with Crippen LogP contribution in [-0.4, -0.2) is 16.9 Å². The third kappa shape index (κ3) is 2.70. The van der Waals surface area contributed by atoms with Crippen LogP contribution in [0.5, 0.6) is 0 Å². The number of nitrogens with one attached hydrogen (secondary N) is 1. The van der Waals surface area contributed by atoms with Crippen molar-refractivity contribution >= 4 is 17.4 Å². The van der Waals surface area contributed by atoms with Gasteiger partial charge in [0.2, 0.25) is 0 Å². The Morgan fingerprint density at radius 3 is 3.00 bits per heavy atom. The van der Waals surface area contributed by atoms with Crippen LogP contribution in [0.15, 0.2) is 18.3 Å². The highest BCUT2D eigenvalue weighted by Gasteiger charge is 1.99. The zero-order valence-corrected chi connectivity index (χ0v) is 8.10. The predicted molar refractivity (Wildman–Crippen MR) is 52.8 cm³/mol. The number of alkyl halides is 1. The van der Waals surface area contributed by atoms with E-state index >= 15 is 0 Å². The summed E-state index contributed by atoms with van der Waals surface area (Å²) >= 11 is 5.65. The van der Waals surface area contributed by atoms with Crippen LogP contribution in [0.1, 0.15) is 12.5 Å². The summed E-state index contributed by atoms with van der Waals surface area (Å²) in [6, 6.07) is 4.24. The molecule has 0 amide bonds. The molecule has 0 aromatic carbocycles. The number of hydrogen-bond donors (Lipinski definition) is 1. The van der Waals surface area contributed by atoms with Crippen molar-refractivity contribution in [2.75, 3.05) is 11.2 Å². The highest BCUT2D eigenvalue weighted by atomic mass is 35.5. The van der Waals surface area contributed by atoms with Gasteiger partial charge in [0.25, 0.3) is 0 Å². The Labute approximate surface area is 78.0 Å². The number of aryl methyl sites for hydroxylation is 1. The van der Waals surface area contributed by atoms with E-state index in [1.54, 1.807) is 6.20 Å². The SMILES string of the molecule is Cc1ccnc(NC(C)CCl)c1. The molecule has 0 aliphatic rings. The summed E-state index contributed by atoms with van der Waals surface area (Å²) in [4.78, 5) is 4.16. The fraction of sp³-hybridized carbons (Fsp3) is 0.444. The van der Waals surface area contributed by atoms with Gasteiger partial charge in [-0.05, 0) is 31.5 Å². The zero-order valence-electron chi connectivity index (χ0n) is 7.34. The van der Waals surface area contributed by atoms with Crippen LogP contribution in [0, 0.1) is 6.92 Å².